The summed E-state index contributed by atoms with van der Waals surface area (Å²) in [7, 11) is 0. The molecule has 0 saturated heterocycles. The van der Waals surface area contributed by atoms with Crippen LogP contribution in [0.2, 0.25) is 0 Å². The van der Waals surface area contributed by atoms with Gasteiger partial charge in [0.1, 0.15) is 6.10 Å². The summed E-state index contributed by atoms with van der Waals surface area (Å²) in [5.74, 6) is -0.548. The third-order valence-corrected chi connectivity index (χ3v) is 2.94. The highest BCUT2D eigenvalue weighted by molar-refractivity contribution is 5.87. The van der Waals surface area contributed by atoms with Crippen LogP contribution in [0.4, 0.5) is 0 Å². The van der Waals surface area contributed by atoms with E-state index in [1.165, 1.54) is 0 Å². The topological polar surface area (TPSA) is 46.5 Å². The van der Waals surface area contributed by atoms with Gasteiger partial charge in [0.2, 0.25) is 0 Å². The molecule has 1 fully saturated rings. The van der Waals surface area contributed by atoms with Gasteiger partial charge in [-0.2, -0.15) is 0 Å². The molecular weight excluding hydrogens is 204 g/mol. The molecule has 0 spiro atoms. The minimum Gasteiger partial charge on any atom is -0.456 e. The number of carbonyl (C=O) groups is 1. The number of aliphatic hydroxyl groups is 1. The van der Waals surface area contributed by atoms with Crippen molar-refractivity contribution in [3.8, 4) is 0 Å². The fourth-order valence-electron chi connectivity index (χ4n) is 1.93. The zero-order chi connectivity index (χ0) is 12.3. The van der Waals surface area contributed by atoms with Crippen LogP contribution < -0.4 is 0 Å². The molecule has 1 aliphatic rings. The molecule has 0 amide bonds. The third kappa shape index (κ3) is 2.42. The monoisotopic (exact) mass is 222 g/mol. The van der Waals surface area contributed by atoms with Crippen LogP contribution in [0.15, 0.2) is 37.5 Å². The second kappa shape index (κ2) is 5.12. The number of ether oxygens (including phenoxy) is 1. The number of hydrogen-bond donors (Lipinski definition) is 1. The highest BCUT2D eigenvalue weighted by atomic mass is 16.6. The second-order valence-electron chi connectivity index (χ2n) is 4.18. The Morgan fingerprint density at radius 3 is 2.38 bits per heavy atom. The molecule has 4 unspecified atom stereocenters. The van der Waals surface area contributed by atoms with Crippen molar-refractivity contribution in [3.63, 3.8) is 0 Å². The Labute approximate surface area is 96.1 Å². The van der Waals surface area contributed by atoms with E-state index in [0.717, 1.165) is 0 Å². The van der Waals surface area contributed by atoms with Gasteiger partial charge < -0.3 is 9.84 Å². The number of aliphatic hydroxyl groups excluding tert-OH is 1. The molecule has 0 aromatic carbocycles. The van der Waals surface area contributed by atoms with Crippen LogP contribution in [0.3, 0.4) is 0 Å². The molecule has 0 radical (unpaired) electrons. The Bertz CT molecular complexity index is 319. The maximum atomic E-state index is 11.4. The molecule has 1 saturated carbocycles. The van der Waals surface area contributed by atoms with Crippen LogP contribution in [-0.4, -0.2) is 23.3 Å². The van der Waals surface area contributed by atoms with Gasteiger partial charge in [-0.05, 0) is 13.3 Å². The zero-order valence-electron chi connectivity index (χ0n) is 9.56. The van der Waals surface area contributed by atoms with E-state index in [1.807, 2.05) is 0 Å². The largest absolute Gasteiger partial charge is 0.456 e. The molecule has 3 heteroatoms. The Morgan fingerprint density at radius 1 is 1.38 bits per heavy atom. The van der Waals surface area contributed by atoms with Crippen molar-refractivity contribution < 1.29 is 14.6 Å². The first-order valence-corrected chi connectivity index (χ1v) is 5.31. The van der Waals surface area contributed by atoms with E-state index in [2.05, 4.69) is 19.7 Å². The first kappa shape index (κ1) is 12.7. The molecule has 1 rings (SSSR count). The molecule has 0 heterocycles. The fraction of sp³-hybridized carbons (Fsp3) is 0.462. The molecule has 0 bridgehead atoms. The number of hydrogen-bond acceptors (Lipinski definition) is 3. The van der Waals surface area contributed by atoms with Gasteiger partial charge in [0.05, 0.1) is 6.10 Å². The van der Waals surface area contributed by atoms with Crippen molar-refractivity contribution >= 4 is 5.97 Å². The molecule has 88 valence electrons. The third-order valence-electron chi connectivity index (χ3n) is 2.94. The van der Waals surface area contributed by atoms with E-state index in [1.54, 1.807) is 19.1 Å². The average Bonchev–Trinajstić information content (AvgIpc) is 2.55. The van der Waals surface area contributed by atoms with Crippen molar-refractivity contribution in [1.29, 1.82) is 0 Å². The zero-order valence-corrected chi connectivity index (χ0v) is 9.56. The Morgan fingerprint density at radius 2 is 1.94 bits per heavy atom. The molecule has 1 N–H and O–H groups in total. The maximum absolute atomic E-state index is 11.4. The second-order valence-corrected chi connectivity index (χ2v) is 4.18. The summed E-state index contributed by atoms with van der Waals surface area (Å²) in [5, 5.41) is 9.95. The van der Waals surface area contributed by atoms with Crippen LogP contribution in [0, 0.1) is 11.8 Å². The molecule has 4 atom stereocenters. The SMILES string of the molecule is C=CC1CC(C=C)C(OC(=O)C(=C)C)C1O. The van der Waals surface area contributed by atoms with Crippen LogP contribution in [-0.2, 0) is 9.53 Å². The van der Waals surface area contributed by atoms with Crippen LogP contribution in [0.25, 0.3) is 0 Å². The first-order valence-electron chi connectivity index (χ1n) is 5.31. The summed E-state index contributed by atoms with van der Waals surface area (Å²) in [4.78, 5) is 11.4. The minimum absolute atomic E-state index is 0.0266. The van der Waals surface area contributed by atoms with Gasteiger partial charge >= 0.3 is 5.97 Å². The maximum Gasteiger partial charge on any atom is 0.333 e. The molecule has 1 aliphatic carbocycles. The predicted octanol–water partition coefficient (Wildman–Crippen LogP) is 1.84. The van der Waals surface area contributed by atoms with E-state index >= 15 is 0 Å². The molecular formula is C13H18O3. The van der Waals surface area contributed by atoms with E-state index in [4.69, 9.17) is 4.74 Å². The van der Waals surface area contributed by atoms with Crippen molar-refractivity contribution in [2.24, 2.45) is 11.8 Å². The predicted molar refractivity (Wildman–Crippen MR) is 62.7 cm³/mol. The summed E-state index contributed by atoms with van der Waals surface area (Å²) < 4.78 is 5.21. The van der Waals surface area contributed by atoms with Gasteiger partial charge in [0.25, 0.3) is 0 Å². The Kier molecular flexibility index (Phi) is 4.07. The average molecular weight is 222 g/mol. The van der Waals surface area contributed by atoms with Crippen molar-refractivity contribution in [3.05, 3.63) is 37.5 Å². The molecule has 0 aromatic rings. The van der Waals surface area contributed by atoms with Crippen LogP contribution in [0.5, 0.6) is 0 Å². The van der Waals surface area contributed by atoms with Crippen molar-refractivity contribution in [2.75, 3.05) is 0 Å². The lowest BCUT2D eigenvalue weighted by Gasteiger charge is -2.21. The lowest BCUT2D eigenvalue weighted by atomic mass is 10.0. The first-order chi connectivity index (χ1) is 7.51. The highest BCUT2D eigenvalue weighted by Gasteiger charge is 2.42. The summed E-state index contributed by atoms with van der Waals surface area (Å²) in [6.45, 7) is 12.4. The van der Waals surface area contributed by atoms with E-state index in [-0.39, 0.29) is 11.8 Å². The van der Waals surface area contributed by atoms with Crippen molar-refractivity contribution in [2.45, 2.75) is 25.6 Å². The standard InChI is InChI=1S/C13H18O3/c1-5-9-7-10(6-2)12(11(9)14)16-13(15)8(3)4/h5-6,9-12,14H,1-3,7H2,4H3. The van der Waals surface area contributed by atoms with Crippen LogP contribution in [0.1, 0.15) is 13.3 Å². The van der Waals surface area contributed by atoms with Gasteiger partial charge in [0, 0.05) is 17.4 Å². The summed E-state index contributed by atoms with van der Waals surface area (Å²) >= 11 is 0. The lowest BCUT2D eigenvalue weighted by molar-refractivity contribution is -0.150. The number of carbonyl (C=O) groups excluding carboxylic acids is 1. The van der Waals surface area contributed by atoms with Gasteiger partial charge in [0.15, 0.2) is 0 Å². The van der Waals surface area contributed by atoms with E-state index in [9.17, 15) is 9.90 Å². The fourth-order valence-corrected chi connectivity index (χ4v) is 1.93. The Hall–Kier alpha value is -1.35. The highest BCUT2D eigenvalue weighted by Crippen LogP contribution is 2.35. The van der Waals surface area contributed by atoms with Gasteiger partial charge in [-0.1, -0.05) is 18.7 Å². The van der Waals surface area contributed by atoms with E-state index in [0.29, 0.717) is 12.0 Å². The van der Waals surface area contributed by atoms with Gasteiger partial charge in [-0.3, -0.25) is 0 Å². The summed E-state index contributed by atoms with van der Waals surface area (Å²) in [5.41, 5.74) is 0.331. The van der Waals surface area contributed by atoms with Crippen LogP contribution >= 0.6 is 0 Å². The number of esters is 1. The van der Waals surface area contributed by atoms with Crippen molar-refractivity contribution in [1.82, 2.24) is 0 Å². The molecule has 3 nitrogen and oxygen atoms in total. The lowest BCUT2D eigenvalue weighted by Crippen LogP contribution is -2.32. The van der Waals surface area contributed by atoms with E-state index < -0.39 is 18.2 Å². The molecule has 16 heavy (non-hydrogen) atoms. The van der Waals surface area contributed by atoms with Gasteiger partial charge in [-0.15, -0.1) is 13.2 Å². The normalized spacial score (nSPS) is 33.1. The smallest absolute Gasteiger partial charge is 0.333 e. The summed E-state index contributed by atoms with van der Waals surface area (Å²) in [6.07, 6.45) is 2.87. The molecule has 0 aliphatic heterocycles. The Balaban J connectivity index is 2.76. The minimum atomic E-state index is -0.705. The summed E-state index contributed by atoms with van der Waals surface area (Å²) in [6, 6.07) is 0. The molecule has 0 aromatic heterocycles. The quantitative estimate of drug-likeness (QED) is 0.448. The number of rotatable bonds is 4. The van der Waals surface area contributed by atoms with Gasteiger partial charge in [-0.25, -0.2) is 4.79 Å².